The molecule has 1 aliphatic rings. The number of aromatic nitrogens is 1. The predicted molar refractivity (Wildman–Crippen MR) is 65.8 cm³/mol. The van der Waals surface area contributed by atoms with E-state index in [1.165, 1.54) is 0 Å². The van der Waals surface area contributed by atoms with Crippen molar-refractivity contribution in [1.82, 2.24) is 4.98 Å². The second kappa shape index (κ2) is 4.13. The summed E-state index contributed by atoms with van der Waals surface area (Å²) in [5, 5.41) is 9.54. The molecule has 0 spiro atoms. The molecule has 1 fully saturated rings. The predicted octanol–water partition coefficient (Wildman–Crippen LogP) is 3.00. The fourth-order valence-electron chi connectivity index (χ4n) is 3.13. The van der Waals surface area contributed by atoms with Crippen molar-refractivity contribution in [3.63, 3.8) is 0 Å². The van der Waals surface area contributed by atoms with E-state index in [9.17, 15) is 9.90 Å². The van der Waals surface area contributed by atoms with E-state index in [0.717, 1.165) is 31.2 Å². The lowest BCUT2D eigenvalue weighted by molar-refractivity contribution is -0.155. The van der Waals surface area contributed by atoms with E-state index in [0.29, 0.717) is 0 Å². The monoisotopic (exact) mass is 233 g/mol. The number of rotatable bonds is 4. The zero-order chi connectivity index (χ0) is 12.5. The third-order valence-corrected chi connectivity index (χ3v) is 4.50. The number of carboxylic acid groups (broad SMARTS) is 1. The van der Waals surface area contributed by atoms with Crippen molar-refractivity contribution in [2.24, 2.45) is 5.41 Å². The molecule has 0 saturated heterocycles. The highest BCUT2D eigenvalue weighted by molar-refractivity contribution is 5.83. The van der Waals surface area contributed by atoms with Crippen LogP contribution in [0.1, 0.15) is 45.1 Å². The van der Waals surface area contributed by atoms with Gasteiger partial charge in [0, 0.05) is 12.4 Å². The van der Waals surface area contributed by atoms with E-state index in [1.54, 1.807) is 12.4 Å². The number of hydrogen-bond acceptors (Lipinski definition) is 2. The van der Waals surface area contributed by atoms with Crippen LogP contribution in [0, 0.1) is 5.41 Å². The van der Waals surface area contributed by atoms with Gasteiger partial charge in [0.25, 0.3) is 0 Å². The van der Waals surface area contributed by atoms with Gasteiger partial charge in [-0.3, -0.25) is 9.78 Å². The van der Waals surface area contributed by atoms with Gasteiger partial charge in [-0.15, -0.1) is 0 Å². The molecule has 1 aliphatic carbocycles. The molecule has 1 aromatic rings. The molecular formula is C14H19NO2. The molecule has 1 N–H and O–H groups in total. The van der Waals surface area contributed by atoms with Gasteiger partial charge in [0.05, 0.1) is 5.41 Å². The van der Waals surface area contributed by atoms with Crippen LogP contribution in [0.3, 0.4) is 0 Å². The van der Waals surface area contributed by atoms with E-state index < -0.39 is 11.4 Å². The number of nitrogens with zero attached hydrogens (tertiary/aromatic N) is 1. The van der Waals surface area contributed by atoms with Crippen molar-refractivity contribution in [1.29, 1.82) is 0 Å². The Morgan fingerprint density at radius 1 is 1.29 bits per heavy atom. The molecule has 0 bridgehead atoms. The van der Waals surface area contributed by atoms with Crippen molar-refractivity contribution in [3.8, 4) is 0 Å². The lowest BCUT2D eigenvalue weighted by Gasteiger charge is -2.54. The lowest BCUT2D eigenvalue weighted by atomic mass is 9.48. The van der Waals surface area contributed by atoms with E-state index >= 15 is 0 Å². The van der Waals surface area contributed by atoms with Crippen molar-refractivity contribution in [3.05, 3.63) is 30.1 Å². The third-order valence-electron chi connectivity index (χ3n) is 4.50. The van der Waals surface area contributed by atoms with Gasteiger partial charge in [0.1, 0.15) is 0 Å². The summed E-state index contributed by atoms with van der Waals surface area (Å²) in [5.74, 6) is -0.693. The van der Waals surface area contributed by atoms with Crippen molar-refractivity contribution in [2.45, 2.75) is 44.9 Å². The molecule has 3 nitrogen and oxygen atoms in total. The van der Waals surface area contributed by atoms with Crippen LogP contribution in [-0.2, 0) is 10.2 Å². The maximum atomic E-state index is 11.6. The number of hydrogen-bond donors (Lipinski definition) is 1. The Morgan fingerprint density at radius 3 is 2.24 bits per heavy atom. The Labute approximate surface area is 102 Å². The molecule has 1 aromatic heterocycles. The van der Waals surface area contributed by atoms with Gasteiger partial charge < -0.3 is 5.11 Å². The molecule has 2 rings (SSSR count). The molecule has 1 heterocycles. The number of carboxylic acids is 1. The van der Waals surface area contributed by atoms with E-state index in [2.05, 4.69) is 18.8 Å². The van der Waals surface area contributed by atoms with Crippen LogP contribution in [-0.4, -0.2) is 16.1 Å². The highest BCUT2D eigenvalue weighted by atomic mass is 16.4. The molecule has 1 saturated carbocycles. The molecule has 0 atom stereocenters. The maximum absolute atomic E-state index is 11.6. The van der Waals surface area contributed by atoms with Gasteiger partial charge in [-0.2, -0.15) is 0 Å². The summed E-state index contributed by atoms with van der Waals surface area (Å²) in [4.78, 5) is 15.6. The number of pyridine rings is 1. The largest absolute Gasteiger partial charge is 0.481 e. The van der Waals surface area contributed by atoms with E-state index in [-0.39, 0.29) is 5.41 Å². The first kappa shape index (κ1) is 12.1. The summed E-state index contributed by atoms with van der Waals surface area (Å²) in [6, 6.07) is 3.67. The molecule has 0 unspecified atom stereocenters. The van der Waals surface area contributed by atoms with Crippen LogP contribution < -0.4 is 0 Å². The standard InChI is InChI=1S/C14H19NO2/c1-3-13(4-2)9-14(10-13,12(16)17)11-5-7-15-8-6-11/h5-8H,3-4,9-10H2,1-2H3,(H,16,17). The number of carbonyl (C=O) groups is 1. The summed E-state index contributed by atoms with van der Waals surface area (Å²) >= 11 is 0. The summed E-state index contributed by atoms with van der Waals surface area (Å²) in [6.45, 7) is 4.31. The first-order valence-corrected chi connectivity index (χ1v) is 6.22. The van der Waals surface area contributed by atoms with Crippen LogP contribution in [0.5, 0.6) is 0 Å². The smallest absolute Gasteiger partial charge is 0.314 e. The van der Waals surface area contributed by atoms with Gasteiger partial charge in [0.2, 0.25) is 0 Å². The SMILES string of the molecule is CCC1(CC)CC(C(=O)O)(c2ccncc2)C1. The zero-order valence-corrected chi connectivity index (χ0v) is 10.4. The average Bonchev–Trinajstić information content (AvgIpc) is 2.30. The fourth-order valence-corrected chi connectivity index (χ4v) is 3.13. The third kappa shape index (κ3) is 1.74. The second-order valence-corrected chi connectivity index (χ2v) is 5.18. The van der Waals surface area contributed by atoms with Gasteiger partial charge in [-0.05, 0) is 36.0 Å². The molecule has 0 aromatic carbocycles. The summed E-state index contributed by atoms with van der Waals surface area (Å²) < 4.78 is 0. The van der Waals surface area contributed by atoms with E-state index in [4.69, 9.17) is 0 Å². The molecule has 3 heteroatoms. The minimum Gasteiger partial charge on any atom is -0.481 e. The van der Waals surface area contributed by atoms with Gasteiger partial charge in [0.15, 0.2) is 0 Å². The zero-order valence-electron chi connectivity index (χ0n) is 10.4. The maximum Gasteiger partial charge on any atom is 0.314 e. The Balaban J connectivity index is 2.31. The fraction of sp³-hybridized carbons (Fsp3) is 0.571. The second-order valence-electron chi connectivity index (χ2n) is 5.18. The Bertz CT molecular complexity index is 401. The van der Waals surface area contributed by atoms with Crippen LogP contribution in [0.4, 0.5) is 0 Å². The highest BCUT2D eigenvalue weighted by Crippen LogP contribution is 2.59. The normalized spacial score (nSPS) is 20.6. The molecular weight excluding hydrogens is 214 g/mol. The first-order chi connectivity index (χ1) is 8.08. The molecule has 0 amide bonds. The Kier molecular flexibility index (Phi) is 2.94. The summed E-state index contributed by atoms with van der Waals surface area (Å²) in [5.41, 5.74) is 0.453. The average molecular weight is 233 g/mol. The lowest BCUT2D eigenvalue weighted by Crippen LogP contribution is -2.54. The quantitative estimate of drug-likeness (QED) is 0.869. The van der Waals surface area contributed by atoms with E-state index in [1.807, 2.05) is 12.1 Å². The van der Waals surface area contributed by atoms with Crippen LogP contribution in [0.25, 0.3) is 0 Å². The molecule has 92 valence electrons. The van der Waals surface area contributed by atoms with Crippen molar-refractivity contribution >= 4 is 5.97 Å². The number of aliphatic carboxylic acids is 1. The summed E-state index contributed by atoms with van der Waals surface area (Å²) in [6.07, 6.45) is 6.99. The minimum absolute atomic E-state index is 0.224. The van der Waals surface area contributed by atoms with Crippen molar-refractivity contribution < 1.29 is 9.90 Å². The summed E-state index contributed by atoms with van der Waals surface area (Å²) in [7, 11) is 0. The van der Waals surface area contributed by atoms with Gasteiger partial charge >= 0.3 is 5.97 Å². The van der Waals surface area contributed by atoms with Gasteiger partial charge in [-0.25, -0.2) is 0 Å². The van der Waals surface area contributed by atoms with Crippen LogP contribution >= 0.6 is 0 Å². The van der Waals surface area contributed by atoms with Gasteiger partial charge in [-0.1, -0.05) is 26.7 Å². The van der Waals surface area contributed by atoms with Crippen LogP contribution in [0.2, 0.25) is 0 Å². The Hall–Kier alpha value is -1.38. The minimum atomic E-state index is -0.693. The first-order valence-electron chi connectivity index (χ1n) is 6.22. The topological polar surface area (TPSA) is 50.2 Å². The highest BCUT2D eigenvalue weighted by Gasteiger charge is 2.58. The molecule has 17 heavy (non-hydrogen) atoms. The molecule has 0 radical (unpaired) electrons. The Morgan fingerprint density at radius 2 is 1.82 bits per heavy atom. The van der Waals surface area contributed by atoms with Crippen LogP contribution in [0.15, 0.2) is 24.5 Å². The van der Waals surface area contributed by atoms with Crippen molar-refractivity contribution in [2.75, 3.05) is 0 Å². The molecule has 0 aliphatic heterocycles.